The van der Waals surface area contributed by atoms with Gasteiger partial charge in [-0.25, -0.2) is 0 Å². The van der Waals surface area contributed by atoms with Crippen LogP contribution in [0.25, 0.3) is 0 Å². The van der Waals surface area contributed by atoms with Crippen LogP contribution in [0, 0.1) is 37.5 Å². The molecule has 0 saturated carbocycles. The second-order valence-electron chi connectivity index (χ2n) is 9.68. The van der Waals surface area contributed by atoms with Crippen molar-refractivity contribution in [3.8, 4) is 23.7 Å². The van der Waals surface area contributed by atoms with Crippen molar-refractivity contribution in [2.24, 2.45) is 0 Å². The van der Waals surface area contributed by atoms with Crippen LogP contribution in [-0.4, -0.2) is 0 Å². The van der Waals surface area contributed by atoms with Gasteiger partial charge in [0, 0.05) is 22.3 Å². The average Bonchev–Trinajstić information content (AvgIpc) is 2.96. The van der Waals surface area contributed by atoms with Crippen LogP contribution >= 0.6 is 0 Å². The molecule has 0 unspecified atom stereocenters. The van der Waals surface area contributed by atoms with Crippen molar-refractivity contribution < 1.29 is 0 Å². The Hall–Kier alpha value is -4.78. The van der Waals surface area contributed by atoms with E-state index < -0.39 is 0 Å². The number of hydrogen-bond acceptors (Lipinski definition) is 0. The van der Waals surface area contributed by atoms with Crippen LogP contribution in [0.3, 0.4) is 0 Å². The molecule has 0 heteroatoms. The van der Waals surface area contributed by atoms with Crippen molar-refractivity contribution in [2.75, 3.05) is 0 Å². The fourth-order valence-electron chi connectivity index (χ4n) is 4.50. The smallest absolute Gasteiger partial charge is 0.0249 e. The van der Waals surface area contributed by atoms with Gasteiger partial charge in [-0.05, 0) is 109 Å². The molecule has 0 aliphatic heterocycles. The maximum Gasteiger partial charge on any atom is 0.0249 e. The minimum absolute atomic E-state index is 0.925. The van der Waals surface area contributed by atoms with Gasteiger partial charge in [-0.1, -0.05) is 96.5 Å². The van der Waals surface area contributed by atoms with Gasteiger partial charge < -0.3 is 0 Å². The minimum Gasteiger partial charge on any atom is -0.0622 e. The molecule has 0 spiro atoms. The summed E-state index contributed by atoms with van der Waals surface area (Å²) in [5, 5.41) is 0. The van der Waals surface area contributed by atoms with Gasteiger partial charge >= 0.3 is 0 Å². The molecule has 0 aliphatic rings. The Kier molecular flexibility index (Phi) is 7.84. The molecule has 0 amide bonds. The molecular weight excluding hydrogens is 456 g/mol. The normalized spacial score (nSPS) is 10.2. The van der Waals surface area contributed by atoms with E-state index in [0.717, 1.165) is 35.1 Å². The van der Waals surface area contributed by atoms with Gasteiger partial charge in [-0.2, -0.15) is 0 Å². The summed E-state index contributed by atoms with van der Waals surface area (Å²) in [6.45, 7) is 4.44. The monoisotopic (exact) mass is 486 g/mol. The van der Waals surface area contributed by atoms with E-state index >= 15 is 0 Å². The van der Waals surface area contributed by atoms with Gasteiger partial charge in [0.05, 0.1) is 0 Å². The van der Waals surface area contributed by atoms with Crippen LogP contribution in [0.5, 0.6) is 0 Å². The van der Waals surface area contributed by atoms with Crippen LogP contribution in [-0.2, 0) is 12.8 Å². The quantitative estimate of drug-likeness (QED) is 0.224. The molecule has 38 heavy (non-hydrogen) atoms. The third kappa shape index (κ3) is 6.70. The first kappa shape index (κ1) is 24.9. The van der Waals surface area contributed by atoms with Gasteiger partial charge in [-0.15, -0.1) is 0 Å². The standard InChI is InChI=1S/C38H30/c1-29-25-38(28-36-23-19-34(20-24-36)16-14-32-11-7-4-8-12-32)30(2)26-37(29)27-35-21-17-33(18-22-35)15-13-31-9-5-3-6-10-31/h3-12,17-26H,27-28H2,1-2H3. The van der Waals surface area contributed by atoms with Crippen LogP contribution < -0.4 is 0 Å². The molecule has 0 bridgehead atoms. The topological polar surface area (TPSA) is 0 Å². The molecule has 0 atom stereocenters. The molecule has 0 aliphatic carbocycles. The number of hydrogen-bond donors (Lipinski definition) is 0. The van der Waals surface area contributed by atoms with Gasteiger partial charge in [0.2, 0.25) is 0 Å². The highest BCUT2D eigenvalue weighted by Gasteiger charge is 2.07. The molecule has 0 aromatic heterocycles. The van der Waals surface area contributed by atoms with Crippen LogP contribution in [0.2, 0.25) is 0 Å². The first-order valence-corrected chi connectivity index (χ1v) is 13.0. The highest BCUT2D eigenvalue weighted by atomic mass is 14.1. The minimum atomic E-state index is 0.925. The highest BCUT2D eigenvalue weighted by Crippen LogP contribution is 2.22. The highest BCUT2D eigenvalue weighted by molar-refractivity contribution is 5.47. The Morgan fingerprint density at radius 2 is 0.711 bits per heavy atom. The second-order valence-corrected chi connectivity index (χ2v) is 9.68. The predicted molar refractivity (Wildman–Crippen MR) is 159 cm³/mol. The fourth-order valence-corrected chi connectivity index (χ4v) is 4.50. The largest absolute Gasteiger partial charge is 0.0622 e. The van der Waals surface area contributed by atoms with Gasteiger partial charge in [0.25, 0.3) is 0 Å². The van der Waals surface area contributed by atoms with Crippen molar-refractivity contribution in [1.82, 2.24) is 0 Å². The maximum atomic E-state index is 3.26. The lowest BCUT2D eigenvalue weighted by Gasteiger charge is -2.13. The lowest BCUT2D eigenvalue weighted by Crippen LogP contribution is -1.99. The number of aryl methyl sites for hydroxylation is 2. The van der Waals surface area contributed by atoms with Crippen LogP contribution in [0.15, 0.2) is 121 Å². The van der Waals surface area contributed by atoms with E-state index in [4.69, 9.17) is 0 Å². The zero-order valence-electron chi connectivity index (χ0n) is 22.0. The molecule has 5 aromatic rings. The Morgan fingerprint density at radius 3 is 1.05 bits per heavy atom. The van der Waals surface area contributed by atoms with E-state index in [1.165, 1.54) is 33.4 Å². The molecule has 0 heterocycles. The lowest BCUT2D eigenvalue weighted by molar-refractivity contribution is 1.09. The van der Waals surface area contributed by atoms with Crippen LogP contribution in [0.4, 0.5) is 0 Å². The molecule has 0 radical (unpaired) electrons. The maximum absolute atomic E-state index is 3.26. The Labute approximate surface area is 227 Å². The summed E-state index contributed by atoms with van der Waals surface area (Å²) in [5.41, 5.74) is 12.2. The van der Waals surface area contributed by atoms with Gasteiger partial charge in [-0.3, -0.25) is 0 Å². The third-order valence-electron chi connectivity index (χ3n) is 6.74. The van der Waals surface area contributed by atoms with E-state index in [-0.39, 0.29) is 0 Å². The predicted octanol–water partition coefficient (Wildman–Crippen LogP) is 8.28. The summed E-state index contributed by atoms with van der Waals surface area (Å²) in [4.78, 5) is 0. The molecular formula is C38H30. The van der Waals surface area contributed by atoms with Crippen molar-refractivity contribution in [3.63, 3.8) is 0 Å². The molecule has 0 fully saturated rings. The second kappa shape index (κ2) is 12.0. The van der Waals surface area contributed by atoms with E-state index in [9.17, 15) is 0 Å². The zero-order chi connectivity index (χ0) is 26.2. The Balaban J connectivity index is 1.24. The summed E-state index contributed by atoms with van der Waals surface area (Å²) >= 11 is 0. The van der Waals surface area contributed by atoms with Gasteiger partial charge in [0.15, 0.2) is 0 Å². The molecule has 182 valence electrons. The van der Waals surface area contributed by atoms with E-state index in [1.54, 1.807) is 0 Å². The average molecular weight is 487 g/mol. The van der Waals surface area contributed by atoms with Crippen molar-refractivity contribution >= 4 is 0 Å². The Morgan fingerprint density at radius 1 is 0.395 bits per heavy atom. The molecule has 0 nitrogen and oxygen atoms in total. The summed E-state index contributed by atoms with van der Waals surface area (Å²) < 4.78 is 0. The van der Waals surface area contributed by atoms with E-state index in [0.29, 0.717) is 0 Å². The van der Waals surface area contributed by atoms with E-state index in [2.05, 4.69) is 98.2 Å². The SMILES string of the molecule is Cc1cc(Cc2ccc(C#Cc3ccccc3)cc2)c(C)cc1Cc1ccc(C#Cc2ccccc2)cc1. The van der Waals surface area contributed by atoms with Crippen molar-refractivity contribution in [1.29, 1.82) is 0 Å². The molecule has 0 saturated heterocycles. The first-order valence-electron chi connectivity index (χ1n) is 13.0. The summed E-state index contributed by atoms with van der Waals surface area (Å²) in [6.07, 6.45) is 1.85. The fraction of sp³-hybridized carbons (Fsp3) is 0.105. The van der Waals surface area contributed by atoms with Crippen molar-refractivity contribution in [2.45, 2.75) is 26.7 Å². The Bertz CT molecular complexity index is 1500. The first-order chi connectivity index (χ1) is 18.6. The molecule has 5 aromatic carbocycles. The summed E-state index contributed by atoms with van der Waals surface area (Å²) in [5.74, 6) is 13.0. The number of benzene rings is 5. The summed E-state index contributed by atoms with van der Waals surface area (Å²) in [7, 11) is 0. The third-order valence-corrected chi connectivity index (χ3v) is 6.74. The summed E-state index contributed by atoms with van der Waals surface area (Å²) in [6, 6.07) is 42.2. The zero-order valence-corrected chi connectivity index (χ0v) is 22.0. The van der Waals surface area contributed by atoms with Crippen molar-refractivity contribution in [3.05, 3.63) is 177 Å². The number of rotatable bonds is 4. The van der Waals surface area contributed by atoms with Gasteiger partial charge in [0.1, 0.15) is 0 Å². The van der Waals surface area contributed by atoms with Crippen LogP contribution in [0.1, 0.15) is 55.6 Å². The molecule has 5 rings (SSSR count). The lowest BCUT2D eigenvalue weighted by atomic mass is 9.92. The van der Waals surface area contributed by atoms with E-state index in [1.807, 2.05) is 60.7 Å². The molecule has 0 N–H and O–H groups in total.